The first kappa shape index (κ1) is 14.3. The van der Waals surface area contributed by atoms with E-state index in [2.05, 4.69) is 55.0 Å². The van der Waals surface area contributed by atoms with Gasteiger partial charge in [0.15, 0.2) is 0 Å². The summed E-state index contributed by atoms with van der Waals surface area (Å²) in [6, 6.07) is 4.88. The van der Waals surface area contributed by atoms with Crippen LogP contribution < -0.4 is 10.2 Å². The lowest BCUT2D eigenvalue weighted by Gasteiger charge is -2.38. The summed E-state index contributed by atoms with van der Waals surface area (Å²) in [5, 5.41) is 3.42. The van der Waals surface area contributed by atoms with Gasteiger partial charge in [-0.05, 0) is 29.9 Å². The van der Waals surface area contributed by atoms with Crippen LogP contribution in [-0.2, 0) is 6.54 Å². The van der Waals surface area contributed by atoms with Gasteiger partial charge in [-0.15, -0.1) is 0 Å². The molecule has 1 N–H and O–H groups in total. The molecule has 2 heterocycles. The standard InChI is InChI=1S/C16H27N3/c1-13(2)17-10-14-6-7-15(18-11-14)19-9-5-8-16(3,4)12-19/h6-7,11,13,17H,5,8-10,12H2,1-4H3. The number of rotatable bonds is 4. The molecule has 1 aliphatic rings. The zero-order chi connectivity index (χ0) is 13.9. The Kier molecular flexibility index (Phi) is 4.46. The lowest BCUT2D eigenvalue weighted by Crippen LogP contribution is -2.40. The fourth-order valence-corrected chi connectivity index (χ4v) is 2.65. The Morgan fingerprint density at radius 3 is 2.74 bits per heavy atom. The van der Waals surface area contributed by atoms with Crippen LogP contribution in [0.3, 0.4) is 0 Å². The predicted octanol–water partition coefficient (Wildman–Crippen LogP) is 3.21. The van der Waals surface area contributed by atoms with Gasteiger partial charge in [0.1, 0.15) is 5.82 Å². The summed E-state index contributed by atoms with van der Waals surface area (Å²) in [7, 11) is 0. The molecule has 2 rings (SSSR count). The van der Waals surface area contributed by atoms with Crippen molar-refractivity contribution in [2.75, 3.05) is 18.0 Å². The molecular formula is C16H27N3. The van der Waals surface area contributed by atoms with Gasteiger partial charge in [0, 0.05) is 31.9 Å². The highest BCUT2D eigenvalue weighted by molar-refractivity contribution is 5.40. The van der Waals surface area contributed by atoms with Crippen LogP contribution in [0.1, 0.15) is 46.1 Å². The lowest BCUT2D eigenvalue weighted by atomic mass is 9.84. The zero-order valence-electron chi connectivity index (χ0n) is 12.7. The molecule has 0 amide bonds. The van der Waals surface area contributed by atoms with Crippen molar-refractivity contribution < 1.29 is 0 Å². The van der Waals surface area contributed by atoms with Gasteiger partial charge < -0.3 is 10.2 Å². The molecule has 1 aromatic rings. The van der Waals surface area contributed by atoms with Crippen LogP contribution in [0, 0.1) is 5.41 Å². The highest BCUT2D eigenvalue weighted by Gasteiger charge is 2.26. The van der Waals surface area contributed by atoms with Gasteiger partial charge in [-0.1, -0.05) is 33.8 Å². The molecular weight excluding hydrogens is 234 g/mol. The fraction of sp³-hybridized carbons (Fsp3) is 0.688. The molecule has 0 aliphatic carbocycles. The highest BCUT2D eigenvalue weighted by Crippen LogP contribution is 2.30. The Morgan fingerprint density at radius 2 is 2.16 bits per heavy atom. The number of nitrogens with zero attached hydrogens (tertiary/aromatic N) is 2. The first-order chi connectivity index (χ1) is 8.96. The number of piperidine rings is 1. The summed E-state index contributed by atoms with van der Waals surface area (Å²) in [5.74, 6) is 1.13. The van der Waals surface area contributed by atoms with Crippen molar-refractivity contribution in [1.29, 1.82) is 0 Å². The van der Waals surface area contributed by atoms with Gasteiger partial charge >= 0.3 is 0 Å². The molecule has 0 spiro atoms. The third-order valence-corrected chi connectivity index (χ3v) is 3.75. The maximum absolute atomic E-state index is 4.63. The first-order valence-electron chi connectivity index (χ1n) is 7.39. The molecule has 106 valence electrons. The highest BCUT2D eigenvalue weighted by atomic mass is 15.2. The van der Waals surface area contributed by atoms with Gasteiger partial charge in [-0.2, -0.15) is 0 Å². The van der Waals surface area contributed by atoms with Crippen LogP contribution in [0.15, 0.2) is 18.3 Å². The van der Waals surface area contributed by atoms with E-state index >= 15 is 0 Å². The molecule has 19 heavy (non-hydrogen) atoms. The molecule has 3 nitrogen and oxygen atoms in total. The van der Waals surface area contributed by atoms with E-state index < -0.39 is 0 Å². The minimum absolute atomic E-state index is 0.414. The summed E-state index contributed by atoms with van der Waals surface area (Å²) < 4.78 is 0. The Morgan fingerprint density at radius 1 is 1.37 bits per heavy atom. The third-order valence-electron chi connectivity index (χ3n) is 3.75. The number of hydrogen-bond donors (Lipinski definition) is 1. The molecule has 0 aromatic carbocycles. The SMILES string of the molecule is CC(C)NCc1ccc(N2CCCC(C)(C)C2)nc1. The Balaban J connectivity index is 1.98. The summed E-state index contributed by atoms with van der Waals surface area (Å²) in [6.07, 6.45) is 4.59. The van der Waals surface area contributed by atoms with Gasteiger partial charge in [0.25, 0.3) is 0 Å². The maximum Gasteiger partial charge on any atom is 0.128 e. The van der Waals surface area contributed by atoms with Gasteiger partial charge in [-0.25, -0.2) is 4.98 Å². The van der Waals surface area contributed by atoms with E-state index in [4.69, 9.17) is 0 Å². The second-order valence-corrected chi connectivity index (χ2v) is 6.75. The normalized spacial score (nSPS) is 18.9. The summed E-state index contributed by atoms with van der Waals surface area (Å²) in [5.41, 5.74) is 1.67. The van der Waals surface area contributed by atoms with Gasteiger partial charge in [-0.3, -0.25) is 0 Å². The smallest absolute Gasteiger partial charge is 0.128 e. The van der Waals surface area contributed by atoms with E-state index in [0.717, 1.165) is 25.5 Å². The van der Waals surface area contributed by atoms with Crippen LogP contribution in [0.2, 0.25) is 0 Å². The number of aromatic nitrogens is 1. The van der Waals surface area contributed by atoms with Crippen molar-refractivity contribution in [2.45, 2.75) is 53.1 Å². The van der Waals surface area contributed by atoms with Crippen LogP contribution >= 0.6 is 0 Å². The molecule has 1 aromatic heterocycles. The van der Waals surface area contributed by atoms with Gasteiger partial charge in [0.05, 0.1) is 0 Å². The van der Waals surface area contributed by atoms with Crippen molar-refractivity contribution in [1.82, 2.24) is 10.3 Å². The average molecular weight is 261 g/mol. The Bertz CT molecular complexity index is 395. The van der Waals surface area contributed by atoms with E-state index in [0.29, 0.717) is 11.5 Å². The van der Waals surface area contributed by atoms with E-state index in [1.54, 1.807) is 0 Å². The summed E-state index contributed by atoms with van der Waals surface area (Å²) >= 11 is 0. The van der Waals surface area contributed by atoms with Crippen LogP contribution in [0.25, 0.3) is 0 Å². The van der Waals surface area contributed by atoms with E-state index in [9.17, 15) is 0 Å². The molecule has 0 bridgehead atoms. The van der Waals surface area contributed by atoms with Crippen LogP contribution in [0.4, 0.5) is 5.82 Å². The molecule has 3 heteroatoms. The summed E-state index contributed by atoms with van der Waals surface area (Å²) in [6.45, 7) is 12.2. The monoisotopic (exact) mass is 261 g/mol. The molecule has 1 aliphatic heterocycles. The Hall–Kier alpha value is -1.09. The fourth-order valence-electron chi connectivity index (χ4n) is 2.65. The first-order valence-corrected chi connectivity index (χ1v) is 7.39. The second-order valence-electron chi connectivity index (χ2n) is 6.75. The van der Waals surface area contributed by atoms with E-state index in [1.807, 2.05) is 6.20 Å². The Labute approximate surface area is 117 Å². The van der Waals surface area contributed by atoms with Crippen LogP contribution in [-0.4, -0.2) is 24.1 Å². The molecule has 0 saturated carbocycles. The van der Waals surface area contributed by atoms with Crippen molar-refractivity contribution in [2.24, 2.45) is 5.41 Å². The molecule has 0 atom stereocenters. The topological polar surface area (TPSA) is 28.2 Å². The van der Waals surface area contributed by atoms with Crippen molar-refractivity contribution in [3.8, 4) is 0 Å². The van der Waals surface area contributed by atoms with E-state index in [-0.39, 0.29) is 0 Å². The van der Waals surface area contributed by atoms with Crippen molar-refractivity contribution in [3.63, 3.8) is 0 Å². The largest absolute Gasteiger partial charge is 0.356 e. The van der Waals surface area contributed by atoms with Crippen LogP contribution in [0.5, 0.6) is 0 Å². The van der Waals surface area contributed by atoms with Crippen molar-refractivity contribution in [3.05, 3.63) is 23.9 Å². The van der Waals surface area contributed by atoms with Gasteiger partial charge in [0.2, 0.25) is 0 Å². The zero-order valence-corrected chi connectivity index (χ0v) is 12.7. The quantitative estimate of drug-likeness (QED) is 0.902. The number of nitrogens with one attached hydrogen (secondary N) is 1. The number of pyridine rings is 1. The molecule has 1 fully saturated rings. The third kappa shape index (κ3) is 4.20. The number of anilines is 1. The minimum atomic E-state index is 0.414. The minimum Gasteiger partial charge on any atom is -0.356 e. The predicted molar refractivity (Wildman–Crippen MR) is 81.4 cm³/mol. The average Bonchev–Trinajstić information content (AvgIpc) is 2.36. The maximum atomic E-state index is 4.63. The van der Waals surface area contributed by atoms with Crippen molar-refractivity contribution >= 4 is 5.82 Å². The number of hydrogen-bond acceptors (Lipinski definition) is 3. The molecule has 1 saturated heterocycles. The molecule has 0 radical (unpaired) electrons. The molecule has 0 unspecified atom stereocenters. The second kappa shape index (κ2) is 5.91. The summed E-state index contributed by atoms with van der Waals surface area (Å²) in [4.78, 5) is 7.05. The lowest BCUT2D eigenvalue weighted by molar-refractivity contribution is 0.292. The van der Waals surface area contributed by atoms with E-state index in [1.165, 1.54) is 18.4 Å².